The van der Waals surface area contributed by atoms with E-state index in [4.69, 9.17) is 33.0 Å². The minimum absolute atomic E-state index is 0.0242. The van der Waals surface area contributed by atoms with Gasteiger partial charge in [0.2, 0.25) is 0 Å². The van der Waals surface area contributed by atoms with Crippen LogP contribution in [0.4, 0.5) is 21.9 Å². The fourth-order valence-corrected chi connectivity index (χ4v) is 3.04. The summed E-state index contributed by atoms with van der Waals surface area (Å²) in [6, 6.07) is 7.72. The van der Waals surface area contributed by atoms with Crippen molar-refractivity contribution < 1.29 is 19.7 Å². The molecule has 0 aliphatic heterocycles. The lowest BCUT2D eigenvalue weighted by Gasteiger charge is -2.15. The van der Waals surface area contributed by atoms with E-state index in [9.17, 15) is 9.90 Å². The maximum absolute atomic E-state index is 12.4. The van der Waals surface area contributed by atoms with Crippen LogP contribution in [-0.2, 0) is 6.42 Å². The molecule has 0 radical (unpaired) electrons. The van der Waals surface area contributed by atoms with E-state index in [-0.39, 0.29) is 19.6 Å². The number of carbonyl (C=O) groups is 1. The fourth-order valence-electron chi connectivity index (χ4n) is 2.46. The van der Waals surface area contributed by atoms with Crippen LogP contribution >= 0.6 is 23.2 Å². The Hall–Kier alpha value is -2.19. The molecule has 0 aliphatic rings. The van der Waals surface area contributed by atoms with Crippen LogP contribution in [0.3, 0.4) is 0 Å². The molecule has 0 saturated heterocycles. The lowest BCUT2D eigenvalue weighted by atomic mass is 10.1. The van der Waals surface area contributed by atoms with Crippen molar-refractivity contribution in [3.05, 3.63) is 45.9 Å². The van der Waals surface area contributed by atoms with Gasteiger partial charge in [-0.1, -0.05) is 23.2 Å². The number of aliphatic hydroxyl groups is 2. The van der Waals surface area contributed by atoms with E-state index in [1.165, 1.54) is 7.11 Å². The number of hydrogen-bond donors (Lipinski definition) is 5. The Labute approximate surface area is 167 Å². The highest BCUT2D eigenvalue weighted by Crippen LogP contribution is 2.30. The van der Waals surface area contributed by atoms with Crippen LogP contribution in [0.2, 0.25) is 10.0 Å². The topological polar surface area (TPSA) is 103 Å². The molecule has 2 amide bonds. The smallest absolute Gasteiger partial charge is 0.323 e. The number of hydrogen-bond acceptors (Lipinski definition) is 5. The number of amides is 2. The number of halogens is 2. The summed E-state index contributed by atoms with van der Waals surface area (Å²) >= 11 is 12.2. The van der Waals surface area contributed by atoms with E-state index >= 15 is 0 Å². The first-order valence-corrected chi connectivity index (χ1v) is 8.93. The van der Waals surface area contributed by atoms with Gasteiger partial charge in [0.15, 0.2) is 0 Å². The summed E-state index contributed by atoms with van der Waals surface area (Å²) < 4.78 is 5.22. The Kier molecular flexibility index (Phi) is 7.99. The molecule has 9 heteroatoms. The second-order valence-corrected chi connectivity index (χ2v) is 6.41. The van der Waals surface area contributed by atoms with Crippen LogP contribution < -0.4 is 20.7 Å². The lowest BCUT2D eigenvalue weighted by Crippen LogP contribution is -2.20. The Morgan fingerprint density at radius 2 is 1.78 bits per heavy atom. The van der Waals surface area contributed by atoms with Crippen molar-refractivity contribution in [3.8, 4) is 5.75 Å². The van der Waals surface area contributed by atoms with Crippen molar-refractivity contribution in [1.82, 2.24) is 0 Å². The number of nitrogens with one attached hydrogen (secondary N) is 3. The van der Waals surface area contributed by atoms with Crippen molar-refractivity contribution in [2.24, 2.45) is 0 Å². The Balaban J connectivity index is 2.18. The zero-order valence-corrected chi connectivity index (χ0v) is 16.2. The van der Waals surface area contributed by atoms with Crippen molar-refractivity contribution in [2.45, 2.75) is 6.42 Å². The predicted molar refractivity (Wildman–Crippen MR) is 108 cm³/mol. The molecule has 2 rings (SSSR count). The first-order valence-electron chi connectivity index (χ1n) is 8.17. The molecule has 0 saturated carbocycles. The van der Waals surface area contributed by atoms with Gasteiger partial charge in [0.1, 0.15) is 5.75 Å². The summed E-state index contributed by atoms with van der Waals surface area (Å²) in [5.74, 6) is 0.542. The molecular weight excluding hydrogens is 393 g/mol. The number of methoxy groups -OCH3 is 1. The molecule has 27 heavy (non-hydrogen) atoms. The highest BCUT2D eigenvalue weighted by Gasteiger charge is 2.13. The largest absolute Gasteiger partial charge is 0.497 e. The molecular formula is C18H21Cl2N3O4. The van der Waals surface area contributed by atoms with E-state index in [0.29, 0.717) is 45.0 Å². The molecule has 0 bridgehead atoms. The number of ether oxygens (including phenoxy) is 1. The Morgan fingerprint density at radius 3 is 2.44 bits per heavy atom. The van der Waals surface area contributed by atoms with Gasteiger partial charge < -0.3 is 30.9 Å². The van der Waals surface area contributed by atoms with Gasteiger partial charge >= 0.3 is 6.03 Å². The summed E-state index contributed by atoms with van der Waals surface area (Å²) in [5, 5.41) is 27.3. The highest BCUT2D eigenvalue weighted by molar-refractivity contribution is 6.35. The predicted octanol–water partition coefficient (Wildman–Crippen LogP) is 3.59. The standard InChI is InChI=1S/C18H21Cl2N3O4/c1-27-14-9-12(21-3-5-25)8-13(10-14)22-18(26)23-17-7-11(19)6-16(20)15(17)2-4-24/h6-10,21,24-25H,2-5H2,1H3,(H2,22,23,26). The molecule has 0 aliphatic carbocycles. The summed E-state index contributed by atoms with van der Waals surface area (Å²) in [7, 11) is 1.52. The monoisotopic (exact) mass is 413 g/mol. The third-order valence-corrected chi connectivity index (χ3v) is 4.17. The Morgan fingerprint density at radius 1 is 1.04 bits per heavy atom. The maximum atomic E-state index is 12.4. The van der Waals surface area contributed by atoms with Gasteiger partial charge in [-0.25, -0.2) is 4.79 Å². The van der Waals surface area contributed by atoms with Crippen molar-refractivity contribution >= 4 is 46.3 Å². The van der Waals surface area contributed by atoms with E-state index in [2.05, 4.69) is 16.0 Å². The molecule has 2 aromatic rings. The Bertz CT molecular complexity index is 802. The van der Waals surface area contributed by atoms with Crippen LogP contribution in [0.25, 0.3) is 0 Å². The van der Waals surface area contributed by atoms with Gasteiger partial charge in [0.25, 0.3) is 0 Å². The molecule has 0 fully saturated rings. The zero-order valence-electron chi connectivity index (χ0n) is 14.7. The van der Waals surface area contributed by atoms with Crippen LogP contribution in [0.15, 0.2) is 30.3 Å². The van der Waals surface area contributed by atoms with E-state index in [0.717, 1.165) is 0 Å². The molecule has 0 heterocycles. The number of urea groups is 1. The van der Waals surface area contributed by atoms with Gasteiger partial charge in [-0.3, -0.25) is 0 Å². The van der Waals surface area contributed by atoms with Gasteiger partial charge in [0.05, 0.1) is 13.7 Å². The van der Waals surface area contributed by atoms with Crippen LogP contribution in [0, 0.1) is 0 Å². The molecule has 0 spiro atoms. The third kappa shape index (κ3) is 6.18. The second kappa shape index (κ2) is 10.2. The van der Waals surface area contributed by atoms with Crippen LogP contribution in [0.1, 0.15) is 5.56 Å². The molecule has 0 unspecified atom stereocenters. The molecule has 146 valence electrons. The average Bonchev–Trinajstić information content (AvgIpc) is 2.62. The third-order valence-electron chi connectivity index (χ3n) is 3.61. The van der Waals surface area contributed by atoms with E-state index < -0.39 is 6.03 Å². The normalized spacial score (nSPS) is 10.4. The number of rotatable bonds is 8. The number of carbonyl (C=O) groups excluding carboxylic acids is 1. The lowest BCUT2D eigenvalue weighted by molar-refractivity contribution is 0.262. The SMILES string of the molecule is COc1cc(NCCO)cc(NC(=O)Nc2cc(Cl)cc(Cl)c2CCO)c1. The molecule has 0 atom stereocenters. The summed E-state index contributed by atoms with van der Waals surface area (Å²) in [6.45, 7) is 0.224. The van der Waals surface area contributed by atoms with Crippen molar-refractivity contribution in [1.29, 1.82) is 0 Å². The van der Waals surface area contributed by atoms with Gasteiger partial charge in [-0.15, -0.1) is 0 Å². The van der Waals surface area contributed by atoms with Gasteiger partial charge in [-0.05, 0) is 30.2 Å². The van der Waals surface area contributed by atoms with Crippen molar-refractivity contribution in [3.63, 3.8) is 0 Å². The highest BCUT2D eigenvalue weighted by atomic mass is 35.5. The van der Waals surface area contributed by atoms with Gasteiger partial charge in [-0.2, -0.15) is 0 Å². The minimum Gasteiger partial charge on any atom is -0.497 e. The molecule has 7 nitrogen and oxygen atoms in total. The summed E-state index contributed by atoms with van der Waals surface area (Å²) in [5.41, 5.74) is 2.19. The summed E-state index contributed by atoms with van der Waals surface area (Å²) in [4.78, 5) is 12.4. The maximum Gasteiger partial charge on any atom is 0.323 e. The second-order valence-electron chi connectivity index (χ2n) is 5.57. The van der Waals surface area contributed by atoms with Gasteiger partial charge in [0, 0.05) is 52.4 Å². The zero-order chi connectivity index (χ0) is 19.8. The summed E-state index contributed by atoms with van der Waals surface area (Å²) in [6.07, 6.45) is 0.278. The van der Waals surface area contributed by atoms with E-state index in [1.54, 1.807) is 30.3 Å². The average molecular weight is 414 g/mol. The first kappa shape index (κ1) is 21.1. The minimum atomic E-state index is -0.506. The molecule has 0 aromatic heterocycles. The quantitative estimate of drug-likeness (QED) is 0.455. The first-order chi connectivity index (χ1) is 13.0. The fraction of sp³-hybridized carbons (Fsp3) is 0.278. The number of aliphatic hydroxyl groups excluding tert-OH is 2. The number of benzene rings is 2. The van der Waals surface area contributed by atoms with Crippen LogP contribution in [-0.4, -0.2) is 43.1 Å². The molecule has 5 N–H and O–H groups in total. The molecule has 2 aromatic carbocycles. The van der Waals surface area contributed by atoms with Crippen LogP contribution in [0.5, 0.6) is 5.75 Å². The number of anilines is 3. The van der Waals surface area contributed by atoms with E-state index in [1.807, 2.05) is 0 Å². The van der Waals surface area contributed by atoms with Crippen molar-refractivity contribution in [2.75, 3.05) is 42.8 Å².